The topological polar surface area (TPSA) is 83.5 Å². The second-order valence-corrected chi connectivity index (χ2v) is 3.04. The molecule has 4 nitrogen and oxygen atoms in total. The van der Waals surface area contributed by atoms with Crippen molar-refractivity contribution >= 4 is 5.97 Å². The first-order valence-electron chi connectivity index (χ1n) is 4.19. The van der Waals surface area contributed by atoms with E-state index in [9.17, 15) is 4.79 Å². The first kappa shape index (κ1) is 11.4. The number of carbonyl (C=O) groups is 1. The predicted octanol–water partition coefficient (Wildman–Crippen LogP) is 0.339. The largest absolute Gasteiger partial charge is 0.481 e. The molecule has 0 fully saturated rings. The third kappa shape index (κ3) is 6.12. The highest BCUT2D eigenvalue weighted by Crippen LogP contribution is 2.04. The zero-order chi connectivity index (χ0) is 9.56. The molecule has 0 radical (unpaired) electrons. The average molecular weight is 175 g/mol. The van der Waals surface area contributed by atoms with Crippen LogP contribution in [0.1, 0.15) is 32.6 Å². The van der Waals surface area contributed by atoms with Gasteiger partial charge >= 0.3 is 5.97 Å². The van der Waals surface area contributed by atoms with E-state index in [0.29, 0.717) is 12.8 Å². The van der Waals surface area contributed by atoms with Crippen molar-refractivity contribution in [1.29, 1.82) is 0 Å². The zero-order valence-corrected chi connectivity index (χ0v) is 7.36. The Morgan fingerprint density at radius 1 is 1.50 bits per heavy atom. The summed E-state index contributed by atoms with van der Waals surface area (Å²) in [5.41, 5.74) is 5.54. The molecule has 4 N–H and O–H groups in total. The van der Waals surface area contributed by atoms with Gasteiger partial charge in [0.15, 0.2) is 0 Å². The molecule has 12 heavy (non-hydrogen) atoms. The molecule has 72 valence electrons. The summed E-state index contributed by atoms with van der Waals surface area (Å²) in [7, 11) is 0. The van der Waals surface area contributed by atoms with E-state index in [4.69, 9.17) is 15.9 Å². The minimum absolute atomic E-state index is 0.187. The molecule has 0 spiro atoms. The second kappa shape index (κ2) is 5.97. The Balaban J connectivity index is 3.25. The van der Waals surface area contributed by atoms with E-state index < -0.39 is 12.1 Å². The van der Waals surface area contributed by atoms with Gasteiger partial charge < -0.3 is 15.9 Å². The molecule has 0 aromatic rings. The van der Waals surface area contributed by atoms with E-state index in [1.54, 1.807) is 6.92 Å². The van der Waals surface area contributed by atoms with E-state index in [1.165, 1.54) is 0 Å². The summed E-state index contributed by atoms with van der Waals surface area (Å²) in [4.78, 5) is 10.1. The molecule has 0 amide bonds. The average Bonchev–Trinajstić information content (AvgIpc) is 1.97. The molecule has 2 atom stereocenters. The minimum atomic E-state index is -0.777. The third-order valence-corrected chi connectivity index (χ3v) is 1.80. The number of rotatable bonds is 6. The van der Waals surface area contributed by atoms with Gasteiger partial charge in [-0.2, -0.15) is 0 Å². The van der Waals surface area contributed by atoms with Gasteiger partial charge in [-0.25, -0.2) is 0 Å². The quantitative estimate of drug-likeness (QED) is 0.508. The van der Waals surface area contributed by atoms with E-state index in [0.717, 1.165) is 6.42 Å². The van der Waals surface area contributed by atoms with Crippen LogP contribution < -0.4 is 5.73 Å². The van der Waals surface area contributed by atoms with Crippen LogP contribution in [0.5, 0.6) is 0 Å². The highest BCUT2D eigenvalue weighted by molar-refractivity contribution is 5.66. The third-order valence-electron chi connectivity index (χ3n) is 1.80. The molecule has 0 saturated carbocycles. The summed E-state index contributed by atoms with van der Waals surface area (Å²) < 4.78 is 0. The summed E-state index contributed by atoms with van der Waals surface area (Å²) in [5, 5.41) is 17.3. The van der Waals surface area contributed by atoms with E-state index in [2.05, 4.69) is 0 Å². The molecule has 0 bridgehead atoms. The van der Waals surface area contributed by atoms with Gasteiger partial charge in [0.2, 0.25) is 0 Å². The molecule has 0 aromatic carbocycles. The molecule has 0 aliphatic carbocycles. The lowest BCUT2D eigenvalue weighted by molar-refractivity contribution is -0.137. The summed E-state index contributed by atoms with van der Waals surface area (Å²) in [6.45, 7) is 1.64. The van der Waals surface area contributed by atoms with Crippen LogP contribution in [0.4, 0.5) is 0 Å². The van der Waals surface area contributed by atoms with Crippen molar-refractivity contribution in [3.63, 3.8) is 0 Å². The number of aliphatic hydroxyl groups excluding tert-OH is 1. The van der Waals surface area contributed by atoms with Crippen LogP contribution in [0.15, 0.2) is 0 Å². The highest BCUT2D eigenvalue weighted by atomic mass is 16.4. The number of nitrogens with two attached hydrogens (primary N) is 1. The molecule has 0 rings (SSSR count). The van der Waals surface area contributed by atoms with Gasteiger partial charge in [0, 0.05) is 12.5 Å². The van der Waals surface area contributed by atoms with Gasteiger partial charge in [-0.15, -0.1) is 0 Å². The van der Waals surface area contributed by atoms with Crippen LogP contribution in [0.2, 0.25) is 0 Å². The fourth-order valence-corrected chi connectivity index (χ4v) is 0.897. The molecule has 1 unspecified atom stereocenters. The fraction of sp³-hybridized carbons (Fsp3) is 0.875. The van der Waals surface area contributed by atoms with Gasteiger partial charge in [-0.3, -0.25) is 4.79 Å². The number of carboxylic acid groups (broad SMARTS) is 1. The lowest BCUT2D eigenvalue weighted by Gasteiger charge is -2.13. The number of aliphatic hydroxyl groups is 1. The highest BCUT2D eigenvalue weighted by Gasteiger charge is 2.08. The summed E-state index contributed by atoms with van der Waals surface area (Å²) in [6.07, 6.45) is 1.76. The fourth-order valence-electron chi connectivity index (χ4n) is 0.897. The molecule has 4 heteroatoms. The zero-order valence-electron chi connectivity index (χ0n) is 7.36. The summed E-state index contributed by atoms with van der Waals surface area (Å²) >= 11 is 0. The molecular formula is C8H17NO3. The van der Waals surface area contributed by atoms with Crippen molar-refractivity contribution in [2.24, 2.45) is 5.73 Å². The van der Waals surface area contributed by atoms with Gasteiger partial charge in [-0.05, 0) is 19.8 Å². The van der Waals surface area contributed by atoms with E-state index >= 15 is 0 Å². The van der Waals surface area contributed by atoms with E-state index in [-0.39, 0.29) is 12.5 Å². The lowest BCUT2D eigenvalue weighted by Crippen LogP contribution is -2.32. The van der Waals surface area contributed by atoms with Crippen LogP contribution >= 0.6 is 0 Å². The minimum Gasteiger partial charge on any atom is -0.481 e. The van der Waals surface area contributed by atoms with Gasteiger partial charge in [-0.1, -0.05) is 6.42 Å². The van der Waals surface area contributed by atoms with Crippen molar-refractivity contribution in [1.82, 2.24) is 0 Å². The van der Waals surface area contributed by atoms with Crippen LogP contribution in [-0.4, -0.2) is 28.3 Å². The number of hydrogen-bond donors (Lipinski definition) is 3. The number of hydrogen-bond acceptors (Lipinski definition) is 3. The SMILES string of the molecule is CC(O)[C@@H](N)CCCCC(=O)O. The van der Waals surface area contributed by atoms with Crippen LogP contribution in [0.25, 0.3) is 0 Å². The molecule has 0 aromatic heterocycles. The van der Waals surface area contributed by atoms with Crippen molar-refractivity contribution in [2.45, 2.75) is 44.8 Å². The van der Waals surface area contributed by atoms with Gasteiger partial charge in [0.25, 0.3) is 0 Å². The standard InChI is InChI=1S/C8H17NO3/c1-6(10)7(9)4-2-3-5-8(11)12/h6-7,10H,2-5,9H2,1H3,(H,11,12)/t6?,7-/m0/s1. The Hall–Kier alpha value is -0.610. The normalized spacial score (nSPS) is 15.6. The van der Waals surface area contributed by atoms with Gasteiger partial charge in [0.1, 0.15) is 0 Å². The Bertz CT molecular complexity index is 136. The molecule has 0 aliphatic rings. The number of carboxylic acids is 1. The van der Waals surface area contributed by atoms with Crippen molar-refractivity contribution in [3.05, 3.63) is 0 Å². The molecule has 0 aliphatic heterocycles. The molecule has 0 heterocycles. The van der Waals surface area contributed by atoms with Gasteiger partial charge in [0.05, 0.1) is 6.10 Å². The Kier molecular flexibility index (Phi) is 5.66. The monoisotopic (exact) mass is 175 g/mol. The molecule has 0 saturated heterocycles. The Morgan fingerprint density at radius 2 is 2.08 bits per heavy atom. The van der Waals surface area contributed by atoms with Crippen molar-refractivity contribution in [2.75, 3.05) is 0 Å². The number of aliphatic carboxylic acids is 1. The van der Waals surface area contributed by atoms with Crippen LogP contribution in [-0.2, 0) is 4.79 Å². The smallest absolute Gasteiger partial charge is 0.303 e. The van der Waals surface area contributed by atoms with Crippen molar-refractivity contribution < 1.29 is 15.0 Å². The maximum Gasteiger partial charge on any atom is 0.303 e. The first-order valence-corrected chi connectivity index (χ1v) is 4.19. The maximum atomic E-state index is 10.1. The van der Waals surface area contributed by atoms with E-state index in [1.807, 2.05) is 0 Å². The summed E-state index contributed by atoms with van der Waals surface area (Å²) in [6, 6.07) is -0.223. The lowest BCUT2D eigenvalue weighted by atomic mass is 10.1. The Labute approximate surface area is 72.4 Å². The number of unbranched alkanes of at least 4 members (excludes halogenated alkanes) is 1. The first-order chi connectivity index (χ1) is 5.54. The van der Waals surface area contributed by atoms with Crippen molar-refractivity contribution in [3.8, 4) is 0 Å². The molecular weight excluding hydrogens is 158 g/mol. The van der Waals surface area contributed by atoms with Crippen LogP contribution in [0, 0.1) is 0 Å². The summed E-state index contributed by atoms with van der Waals surface area (Å²) in [5.74, 6) is -0.777. The predicted molar refractivity (Wildman–Crippen MR) is 45.8 cm³/mol. The maximum absolute atomic E-state index is 10.1. The second-order valence-electron chi connectivity index (χ2n) is 3.04. The Morgan fingerprint density at radius 3 is 2.50 bits per heavy atom. The van der Waals surface area contributed by atoms with Crippen LogP contribution in [0.3, 0.4) is 0 Å².